The number of carbonyl (C=O) groups excluding carboxylic acids is 1. The van der Waals surface area contributed by atoms with Gasteiger partial charge in [0.25, 0.3) is 0 Å². The maximum atomic E-state index is 12.0. The van der Waals surface area contributed by atoms with Crippen LogP contribution < -0.4 is 4.90 Å². The molecule has 0 saturated carbocycles. The average molecular weight is 248 g/mol. The second-order valence-electron chi connectivity index (χ2n) is 4.70. The van der Waals surface area contributed by atoms with E-state index < -0.39 is 12.0 Å². The lowest BCUT2D eigenvalue weighted by Gasteiger charge is -2.17. The Labute approximate surface area is 106 Å². The van der Waals surface area contributed by atoms with Gasteiger partial charge in [-0.05, 0) is 37.1 Å². The third-order valence-corrected chi connectivity index (χ3v) is 3.16. The fraction of sp³-hybridized carbons (Fsp3) is 0.385. The van der Waals surface area contributed by atoms with Gasteiger partial charge in [-0.25, -0.2) is 9.59 Å². The molecular formula is C13H16N2O3. The maximum Gasteiger partial charge on any atom is 0.328 e. The minimum Gasteiger partial charge on any atom is -0.480 e. The molecule has 1 unspecified atom stereocenters. The molecule has 96 valence electrons. The van der Waals surface area contributed by atoms with Gasteiger partial charge in [-0.15, -0.1) is 0 Å². The first kappa shape index (κ1) is 12.4. The number of hydrogen-bond acceptors (Lipinski definition) is 2. The second-order valence-corrected chi connectivity index (χ2v) is 4.70. The molecule has 1 saturated heterocycles. The van der Waals surface area contributed by atoms with Crippen molar-refractivity contribution in [3.63, 3.8) is 0 Å². The number of nitrogens with zero attached hydrogens (tertiary/aromatic N) is 2. The van der Waals surface area contributed by atoms with Crippen molar-refractivity contribution in [2.24, 2.45) is 0 Å². The number of carboxylic acids is 1. The highest BCUT2D eigenvalue weighted by Crippen LogP contribution is 2.25. The third kappa shape index (κ3) is 2.03. The van der Waals surface area contributed by atoms with Gasteiger partial charge >= 0.3 is 12.0 Å². The Bertz CT molecular complexity index is 493. The van der Waals surface area contributed by atoms with Crippen molar-refractivity contribution in [2.45, 2.75) is 19.9 Å². The number of aryl methyl sites for hydroxylation is 2. The predicted octanol–water partition coefficient (Wildman–Crippen LogP) is 1.63. The highest BCUT2D eigenvalue weighted by Gasteiger charge is 2.39. The first-order valence-corrected chi connectivity index (χ1v) is 5.75. The molecule has 1 atom stereocenters. The predicted molar refractivity (Wildman–Crippen MR) is 67.8 cm³/mol. The van der Waals surface area contributed by atoms with E-state index in [1.54, 1.807) is 0 Å². The maximum absolute atomic E-state index is 12.0. The number of anilines is 1. The Balaban J connectivity index is 2.34. The summed E-state index contributed by atoms with van der Waals surface area (Å²) in [5.41, 5.74) is 2.87. The van der Waals surface area contributed by atoms with Crippen LogP contribution in [0, 0.1) is 13.8 Å². The summed E-state index contributed by atoms with van der Waals surface area (Å²) in [6.07, 6.45) is 0. The van der Waals surface area contributed by atoms with Crippen LogP contribution in [0.2, 0.25) is 0 Å². The van der Waals surface area contributed by atoms with Crippen LogP contribution in [0.15, 0.2) is 18.2 Å². The number of amides is 2. The summed E-state index contributed by atoms with van der Waals surface area (Å²) in [4.78, 5) is 25.9. The Kier molecular flexibility index (Phi) is 2.98. The fourth-order valence-electron chi connectivity index (χ4n) is 2.26. The van der Waals surface area contributed by atoms with Crippen molar-refractivity contribution < 1.29 is 14.7 Å². The molecule has 1 heterocycles. The van der Waals surface area contributed by atoms with Crippen molar-refractivity contribution in [2.75, 3.05) is 18.5 Å². The number of carboxylic acid groups (broad SMARTS) is 1. The first-order valence-electron chi connectivity index (χ1n) is 5.75. The number of carbonyl (C=O) groups is 2. The molecule has 0 aliphatic carbocycles. The number of hydrogen-bond donors (Lipinski definition) is 1. The van der Waals surface area contributed by atoms with E-state index in [1.165, 1.54) is 16.8 Å². The van der Waals surface area contributed by atoms with Gasteiger partial charge in [-0.2, -0.15) is 0 Å². The standard InChI is InChI=1S/C13H16N2O3/c1-8-4-9(2)6-10(5-8)15-7-11(12(16)17)14(3)13(15)18/h4-6,11H,7H2,1-3H3,(H,16,17). The topological polar surface area (TPSA) is 60.9 Å². The van der Waals surface area contributed by atoms with Crippen LogP contribution in [0.1, 0.15) is 11.1 Å². The lowest BCUT2D eigenvalue weighted by Crippen LogP contribution is -2.36. The summed E-state index contributed by atoms with van der Waals surface area (Å²) in [6.45, 7) is 4.10. The molecule has 1 fully saturated rings. The molecule has 0 bridgehead atoms. The summed E-state index contributed by atoms with van der Waals surface area (Å²) in [7, 11) is 1.52. The van der Waals surface area contributed by atoms with Gasteiger partial charge in [0.2, 0.25) is 0 Å². The molecular weight excluding hydrogens is 232 g/mol. The third-order valence-electron chi connectivity index (χ3n) is 3.16. The average Bonchev–Trinajstić information content (AvgIpc) is 2.55. The number of rotatable bonds is 2. The molecule has 0 aromatic heterocycles. The number of likely N-dealkylation sites (N-methyl/N-ethyl adjacent to an activating group) is 1. The highest BCUT2D eigenvalue weighted by molar-refractivity contribution is 5.98. The van der Waals surface area contributed by atoms with Crippen molar-refractivity contribution in [1.82, 2.24) is 4.90 Å². The monoisotopic (exact) mass is 248 g/mol. The number of aliphatic carboxylic acids is 1. The molecule has 2 amide bonds. The Morgan fingerprint density at radius 1 is 1.28 bits per heavy atom. The lowest BCUT2D eigenvalue weighted by molar-refractivity contribution is -0.140. The summed E-state index contributed by atoms with van der Waals surface area (Å²) >= 11 is 0. The Morgan fingerprint density at radius 2 is 1.83 bits per heavy atom. The quantitative estimate of drug-likeness (QED) is 0.865. The zero-order valence-corrected chi connectivity index (χ0v) is 10.7. The minimum absolute atomic E-state index is 0.188. The molecule has 0 radical (unpaired) electrons. The van der Waals surface area contributed by atoms with E-state index in [1.807, 2.05) is 32.0 Å². The van der Waals surface area contributed by atoms with Crippen LogP contribution in [0.5, 0.6) is 0 Å². The lowest BCUT2D eigenvalue weighted by atomic mass is 10.1. The Morgan fingerprint density at radius 3 is 2.28 bits per heavy atom. The van der Waals surface area contributed by atoms with Crippen LogP contribution >= 0.6 is 0 Å². The molecule has 1 aromatic carbocycles. The van der Waals surface area contributed by atoms with Crippen LogP contribution in [-0.4, -0.2) is 41.6 Å². The van der Waals surface area contributed by atoms with Gasteiger partial charge in [0, 0.05) is 12.7 Å². The molecule has 1 aromatic rings. The van der Waals surface area contributed by atoms with Crippen molar-refractivity contribution in [1.29, 1.82) is 0 Å². The summed E-state index contributed by atoms with van der Waals surface area (Å²) in [6, 6.07) is 4.75. The normalized spacial score (nSPS) is 19.5. The van der Waals surface area contributed by atoms with E-state index in [-0.39, 0.29) is 12.6 Å². The smallest absolute Gasteiger partial charge is 0.328 e. The molecule has 1 aliphatic rings. The number of urea groups is 1. The van der Waals surface area contributed by atoms with E-state index in [2.05, 4.69) is 0 Å². The SMILES string of the molecule is Cc1cc(C)cc(N2CC(C(=O)O)N(C)C2=O)c1. The van der Waals surface area contributed by atoms with E-state index in [9.17, 15) is 9.59 Å². The molecule has 0 spiro atoms. The van der Waals surface area contributed by atoms with Crippen molar-refractivity contribution in [3.05, 3.63) is 29.3 Å². The number of benzene rings is 1. The zero-order valence-electron chi connectivity index (χ0n) is 10.7. The van der Waals surface area contributed by atoms with Crippen molar-refractivity contribution in [3.8, 4) is 0 Å². The van der Waals surface area contributed by atoms with Gasteiger partial charge in [0.1, 0.15) is 6.04 Å². The van der Waals surface area contributed by atoms with Gasteiger partial charge in [0.05, 0.1) is 6.54 Å². The molecule has 2 rings (SSSR count). The molecule has 1 aliphatic heterocycles. The molecule has 5 nitrogen and oxygen atoms in total. The van der Waals surface area contributed by atoms with Crippen LogP contribution in [0.3, 0.4) is 0 Å². The van der Waals surface area contributed by atoms with Gasteiger partial charge in [-0.3, -0.25) is 4.90 Å². The van der Waals surface area contributed by atoms with Gasteiger partial charge in [-0.1, -0.05) is 6.07 Å². The molecule has 1 N–H and O–H groups in total. The largest absolute Gasteiger partial charge is 0.480 e. The molecule has 18 heavy (non-hydrogen) atoms. The minimum atomic E-state index is -0.974. The van der Waals surface area contributed by atoms with Crippen LogP contribution in [-0.2, 0) is 4.79 Å². The van der Waals surface area contributed by atoms with Crippen molar-refractivity contribution >= 4 is 17.7 Å². The zero-order chi connectivity index (χ0) is 13.4. The Hall–Kier alpha value is -2.04. The van der Waals surface area contributed by atoms with E-state index in [0.29, 0.717) is 0 Å². The second kappa shape index (κ2) is 4.33. The highest BCUT2D eigenvalue weighted by atomic mass is 16.4. The van der Waals surface area contributed by atoms with Gasteiger partial charge < -0.3 is 10.0 Å². The molecule has 5 heteroatoms. The van der Waals surface area contributed by atoms with Crippen LogP contribution in [0.25, 0.3) is 0 Å². The van der Waals surface area contributed by atoms with Gasteiger partial charge in [0.15, 0.2) is 0 Å². The fourth-order valence-corrected chi connectivity index (χ4v) is 2.26. The first-order chi connectivity index (χ1) is 8.40. The summed E-state index contributed by atoms with van der Waals surface area (Å²) in [5.74, 6) is -0.974. The summed E-state index contributed by atoms with van der Waals surface area (Å²) < 4.78 is 0. The van der Waals surface area contributed by atoms with E-state index in [4.69, 9.17) is 5.11 Å². The van der Waals surface area contributed by atoms with E-state index in [0.717, 1.165) is 16.8 Å². The summed E-state index contributed by atoms with van der Waals surface area (Å²) in [5, 5.41) is 9.05. The van der Waals surface area contributed by atoms with E-state index >= 15 is 0 Å². The van der Waals surface area contributed by atoms with Crippen LogP contribution in [0.4, 0.5) is 10.5 Å².